The maximum absolute atomic E-state index is 13.6. The monoisotopic (exact) mass is 371 g/mol. The van der Waals surface area contributed by atoms with Gasteiger partial charge in [0.05, 0.1) is 6.04 Å². The van der Waals surface area contributed by atoms with Crippen molar-refractivity contribution in [2.45, 2.75) is 25.3 Å². The van der Waals surface area contributed by atoms with Crippen molar-refractivity contribution in [3.63, 3.8) is 0 Å². The van der Waals surface area contributed by atoms with Gasteiger partial charge >= 0.3 is 0 Å². The number of hydrogen-bond acceptors (Lipinski definition) is 5. The second-order valence-corrected chi connectivity index (χ2v) is 6.76. The molecule has 2 aliphatic rings. The summed E-state index contributed by atoms with van der Waals surface area (Å²) in [5, 5.41) is 5.57. The summed E-state index contributed by atoms with van der Waals surface area (Å²) in [4.78, 5) is 23.3. The zero-order valence-corrected chi connectivity index (χ0v) is 14.6. The van der Waals surface area contributed by atoms with Gasteiger partial charge in [0.1, 0.15) is 23.8 Å². The highest BCUT2D eigenvalue weighted by molar-refractivity contribution is 5.82. The van der Waals surface area contributed by atoms with Crippen molar-refractivity contribution in [2.24, 2.45) is 11.0 Å². The quantitative estimate of drug-likeness (QED) is 0.832. The van der Waals surface area contributed by atoms with Crippen LogP contribution in [0.25, 0.3) is 0 Å². The number of carbonyl (C=O) groups is 1. The Bertz CT molecular complexity index is 832. The Balaban J connectivity index is 1.44. The number of benzene rings is 1. The van der Waals surface area contributed by atoms with Crippen LogP contribution in [0.4, 0.5) is 14.6 Å². The number of anilines is 1. The molecular formula is C19H19F2N5O. The van der Waals surface area contributed by atoms with Gasteiger partial charge in [0.15, 0.2) is 0 Å². The molecule has 1 fully saturated rings. The van der Waals surface area contributed by atoms with E-state index in [2.05, 4.69) is 20.0 Å². The SMILES string of the molecule is O=C(C1CCN(c2ccncn2)CC1)N1N=CC[C@H]1c1cc(F)cc(F)c1. The molecule has 6 nitrogen and oxygen atoms in total. The maximum Gasteiger partial charge on any atom is 0.246 e. The highest BCUT2D eigenvalue weighted by Crippen LogP contribution is 2.33. The second kappa shape index (κ2) is 7.38. The lowest BCUT2D eigenvalue weighted by molar-refractivity contribution is -0.138. The summed E-state index contributed by atoms with van der Waals surface area (Å²) in [5.41, 5.74) is 0.428. The van der Waals surface area contributed by atoms with Crippen LogP contribution in [0.15, 0.2) is 41.9 Å². The Morgan fingerprint density at radius 3 is 2.52 bits per heavy atom. The van der Waals surface area contributed by atoms with Gasteiger partial charge in [0.25, 0.3) is 0 Å². The van der Waals surface area contributed by atoms with E-state index in [1.807, 2.05) is 6.07 Å². The van der Waals surface area contributed by atoms with Crippen molar-refractivity contribution in [3.05, 3.63) is 54.0 Å². The first-order chi connectivity index (χ1) is 13.1. The van der Waals surface area contributed by atoms with Crippen LogP contribution in [0.5, 0.6) is 0 Å². The van der Waals surface area contributed by atoms with E-state index in [-0.39, 0.29) is 11.8 Å². The Labute approximate surface area is 155 Å². The Hall–Kier alpha value is -2.90. The number of amides is 1. The molecule has 8 heteroatoms. The molecule has 0 bridgehead atoms. The lowest BCUT2D eigenvalue weighted by atomic mass is 9.94. The summed E-state index contributed by atoms with van der Waals surface area (Å²) in [7, 11) is 0. The lowest BCUT2D eigenvalue weighted by Crippen LogP contribution is -2.41. The number of carbonyl (C=O) groups excluding carboxylic acids is 1. The summed E-state index contributed by atoms with van der Waals surface area (Å²) < 4.78 is 27.1. The molecule has 0 spiro atoms. The summed E-state index contributed by atoms with van der Waals surface area (Å²) in [6, 6.07) is 4.75. The van der Waals surface area contributed by atoms with Crippen LogP contribution in [0.3, 0.4) is 0 Å². The van der Waals surface area contributed by atoms with E-state index in [1.54, 1.807) is 12.4 Å². The second-order valence-electron chi connectivity index (χ2n) is 6.76. The number of rotatable bonds is 3. The molecule has 0 unspecified atom stereocenters. The topological polar surface area (TPSA) is 61.7 Å². The van der Waals surface area contributed by atoms with E-state index in [1.165, 1.54) is 23.5 Å². The molecule has 140 valence electrons. The Morgan fingerprint density at radius 2 is 1.85 bits per heavy atom. The van der Waals surface area contributed by atoms with E-state index in [0.29, 0.717) is 37.9 Å². The van der Waals surface area contributed by atoms with Gasteiger partial charge in [-0.15, -0.1) is 0 Å². The van der Waals surface area contributed by atoms with Gasteiger partial charge in [0.2, 0.25) is 5.91 Å². The van der Waals surface area contributed by atoms with Crippen LogP contribution in [0, 0.1) is 17.6 Å². The highest BCUT2D eigenvalue weighted by Gasteiger charge is 2.35. The van der Waals surface area contributed by atoms with Gasteiger partial charge in [-0.25, -0.2) is 23.8 Å². The van der Waals surface area contributed by atoms with Gasteiger partial charge in [-0.1, -0.05) is 0 Å². The molecule has 0 saturated carbocycles. The predicted molar refractivity (Wildman–Crippen MR) is 96.0 cm³/mol. The van der Waals surface area contributed by atoms with Gasteiger partial charge in [0, 0.05) is 43.9 Å². The number of hydrogen-bond donors (Lipinski definition) is 0. The van der Waals surface area contributed by atoms with Crippen LogP contribution in [0.2, 0.25) is 0 Å². The lowest BCUT2D eigenvalue weighted by Gasteiger charge is -2.34. The summed E-state index contributed by atoms with van der Waals surface area (Å²) >= 11 is 0. The predicted octanol–water partition coefficient (Wildman–Crippen LogP) is 2.93. The molecule has 1 aromatic carbocycles. The summed E-state index contributed by atoms with van der Waals surface area (Å²) in [6.45, 7) is 1.43. The zero-order valence-electron chi connectivity index (χ0n) is 14.6. The minimum Gasteiger partial charge on any atom is -0.356 e. The third-order valence-corrected chi connectivity index (χ3v) is 5.06. The standard InChI is InChI=1S/C19H19F2N5O/c20-15-9-14(10-16(21)11-15)17-1-6-24-26(17)19(27)13-3-7-25(8-4-13)18-2-5-22-12-23-18/h2,5-6,9-13,17H,1,3-4,7-8H2/t17-/m0/s1. The molecule has 1 amide bonds. The first kappa shape index (κ1) is 17.5. The average molecular weight is 371 g/mol. The van der Waals surface area contributed by atoms with Gasteiger partial charge in [-0.2, -0.15) is 5.10 Å². The fourth-order valence-corrected chi connectivity index (χ4v) is 3.68. The molecule has 1 aromatic heterocycles. The molecule has 0 aliphatic carbocycles. The third kappa shape index (κ3) is 3.65. The van der Waals surface area contributed by atoms with E-state index >= 15 is 0 Å². The van der Waals surface area contributed by atoms with Crippen molar-refractivity contribution in [3.8, 4) is 0 Å². The average Bonchev–Trinajstić information content (AvgIpc) is 3.17. The minimum absolute atomic E-state index is 0.0965. The van der Waals surface area contributed by atoms with Crippen LogP contribution in [0.1, 0.15) is 30.9 Å². The molecule has 27 heavy (non-hydrogen) atoms. The number of hydrazone groups is 1. The molecule has 1 saturated heterocycles. The number of piperidine rings is 1. The number of halogens is 2. The summed E-state index contributed by atoms with van der Waals surface area (Å²) in [6.07, 6.45) is 6.64. The number of nitrogens with zero attached hydrogens (tertiary/aromatic N) is 5. The molecule has 2 aliphatic heterocycles. The molecule has 3 heterocycles. The maximum atomic E-state index is 13.6. The van der Waals surface area contributed by atoms with Crippen molar-refractivity contribution < 1.29 is 13.6 Å². The molecule has 1 atom stereocenters. The van der Waals surface area contributed by atoms with Crippen LogP contribution in [-0.2, 0) is 4.79 Å². The van der Waals surface area contributed by atoms with E-state index in [0.717, 1.165) is 11.9 Å². The normalized spacial score (nSPS) is 20.3. The van der Waals surface area contributed by atoms with E-state index in [4.69, 9.17) is 0 Å². The summed E-state index contributed by atoms with van der Waals surface area (Å²) in [5.74, 6) is -0.715. The molecular weight excluding hydrogens is 352 g/mol. The first-order valence-electron chi connectivity index (χ1n) is 8.94. The Kier molecular flexibility index (Phi) is 4.79. The van der Waals surface area contributed by atoms with Gasteiger partial charge in [-0.05, 0) is 36.6 Å². The smallest absolute Gasteiger partial charge is 0.246 e. The van der Waals surface area contributed by atoms with E-state index < -0.39 is 17.7 Å². The fraction of sp³-hybridized carbons (Fsp3) is 0.368. The van der Waals surface area contributed by atoms with Gasteiger partial charge < -0.3 is 4.90 Å². The van der Waals surface area contributed by atoms with Crippen LogP contribution in [-0.4, -0.2) is 40.2 Å². The zero-order chi connectivity index (χ0) is 18.8. The third-order valence-electron chi connectivity index (χ3n) is 5.06. The largest absolute Gasteiger partial charge is 0.356 e. The highest BCUT2D eigenvalue weighted by atomic mass is 19.1. The van der Waals surface area contributed by atoms with Gasteiger partial charge in [-0.3, -0.25) is 4.79 Å². The van der Waals surface area contributed by atoms with Crippen molar-refractivity contribution in [2.75, 3.05) is 18.0 Å². The molecule has 4 rings (SSSR count). The molecule has 0 radical (unpaired) electrons. The first-order valence-corrected chi connectivity index (χ1v) is 8.94. The van der Waals surface area contributed by atoms with Crippen LogP contribution >= 0.6 is 0 Å². The minimum atomic E-state index is -0.651. The van der Waals surface area contributed by atoms with Crippen molar-refractivity contribution >= 4 is 17.9 Å². The molecule has 0 N–H and O–H groups in total. The van der Waals surface area contributed by atoms with E-state index in [9.17, 15) is 13.6 Å². The number of aromatic nitrogens is 2. The van der Waals surface area contributed by atoms with Crippen molar-refractivity contribution in [1.29, 1.82) is 0 Å². The molecule has 2 aromatic rings. The Morgan fingerprint density at radius 1 is 1.11 bits per heavy atom. The van der Waals surface area contributed by atoms with Crippen LogP contribution < -0.4 is 4.90 Å². The fourth-order valence-electron chi connectivity index (χ4n) is 3.68. The van der Waals surface area contributed by atoms with Crippen molar-refractivity contribution in [1.82, 2.24) is 15.0 Å².